The van der Waals surface area contributed by atoms with Crippen LogP contribution >= 0.6 is 11.6 Å². The molecule has 2 rings (SSSR count). The second-order valence-corrected chi connectivity index (χ2v) is 8.67. The van der Waals surface area contributed by atoms with Crippen LogP contribution in [-0.2, 0) is 24.2 Å². The summed E-state index contributed by atoms with van der Waals surface area (Å²) in [6, 6.07) is -0.303. The molecular weight excluding hydrogens is 382 g/mol. The number of rotatable bonds is 7. The maximum absolute atomic E-state index is 11.7. The molecule has 1 aliphatic heterocycles. The summed E-state index contributed by atoms with van der Waals surface area (Å²) < 4.78 is 29.6. The van der Waals surface area contributed by atoms with Crippen molar-refractivity contribution in [2.45, 2.75) is 32.7 Å². The molecule has 144 valence electrons. The smallest absolute Gasteiger partial charge is 0.331 e. The average molecular weight is 404 g/mol. The van der Waals surface area contributed by atoms with E-state index in [4.69, 9.17) is 16.3 Å². The zero-order valence-electron chi connectivity index (χ0n) is 14.7. The molecular formula is C16H22ClN3O5S. The van der Waals surface area contributed by atoms with E-state index in [-0.39, 0.29) is 35.2 Å². The topological polar surface area (TPSA) is 107 Å². The van der Waals surface area contributed by atoms with Crippen molar-refractivity contribution in [3.8, 4) is 0 Å². The molecule has 0 aliphatic carbocycles. The molecule has 0 spiro atoms. The number of aromatic nitrogens is 2. The molecule has 0 unspecified atom stereocenters. The first-order valence-corrected chi connectivity index (χ1v) is 10.5. The van der Waals surface area contributed by atoms with Gasteiger partial charge in [0.2, 0.25) is 0 Å². The summed E-state index contributed by atoms with van der Waals surface area (Å²) in [4.78, 5) is 23.1. The normalized spacial score (nSPS) is 19.0. The molecule has 1 aliphatic rings. The maximum atomic E-state index is 11.7. The van der Waals surface area contributed by atoms with Gasteiger partial charge in [-0.25, -0.2) is 17.9 Å². The molecule has 0 radical (unpaired) electrons. The van der Waals surface area contributed by atoms with E-state index in [0.29, 0.717) is 24.2 Å². The lowest BCUT2D eigenvalue weighted by atomic mass is 10.2. The fourth-order valence-electron chi connectivity index (χ4n) is 2.58. The number of sulfone groups is 1. The van der Waals surface area contributed by atoms with Crippen molar-refractivity contribution in [3.05, 3.63) is 22.5 Å². The molecule has 10 heteroatoms. The summed E-state index contributed by atoms with van der Waals surface area (Å²) in [5.74, 6) is -0.919. The molecule has 0 saturated carbocycles. The third-order valence-electron chi connectivity index (χ3n) is 3.93. The average Bonchev–Trinajstić information content (AvgIpc) is 3.08. The molecule has 1 aromatic rings. The van der Waals surface area contributed by atoms with Gasteiger partial charge in [-0.15, -0.1) is 0 Å². The van der Waals surface area contributed by atoms with Crippen LogP contribution in [0.2, 0.25) is 5.15 Å². The van der Waals surface area contributed by atoms with Crippen molar-refractivity contribution in [2.24, 2.45) is 0 Å². The highest BCUT2D eigenvalue weighted by Crippen LogP contribution is 2.30. The van der Waals surface area contributed by atoms with E-state index in [1.807, 2.05) is 6.92 Å². The van der Waals surface area contributed by atoms with E-state index in [1.165, 1.54) is 16.8 Å². The Kier molecular flexibility index (Phi) is 6.82. The Morgan fingerprint density at radius 2 is 2.19 bits per heavy atom. The number of ether oxygens (including phenoxy) is 1. The van der Waals surface area contributed by atoms with Crippen molar-refractivity contribution in [1.82, 2.24) is 15.1 Å². The molecule has 0 bridgehead atoms. The Bertz CT molecular complexity index is 816. The minimum absolute atomic E-state index is 0.00586. The van der Waals surface area contributed by atoms with E-state index < -0.39 is 15.8 Å². The van der Waals surface area contributed by atoms with Crippen LogP contribution in [0, 0.1) is 6.92 Å². The van der Waals surface area contributed by atoms with Gasteiger partial charge in [0.25, 0.3) is 5.91 Å². The van der Waals surface area contributed by atoms with E-state index in [9.17, 15) is 18.0 Å². The zero-order chi connectivity index (χ0) is 19.3. The van der Waals surface area contributed by atoms with Crippen LogP contribution in [0.25, 0.3) is 6.08 Å². The van der Waals surface area contributed by atoms with Gasteiger partial charge >= 0.3 is 5.97 Å². The number of halogens is 1. The summed E-state index contributed by atoms with van der Waals surface area (Å²) >= 11 is 6.31. The maximum Gasteiger partial charge on any atom is 0.331 e. The Hall–Kier alpha value is -1.87. The Labute approximate surface area is 157 Å². The predicted molar refractivity (Wildman–Crippen MR) is 97.6 cm³/mol. The fourth-order valence-corrected chi connectivity index (χ4v) is 4.65. The van der Waals surface area contributed by atoms with Crippen LogP contribution in [0.1, 0.15) is 37.1 Å². The third-order valence-corrected chi connectivity index (χ3v) is 6.06. The summed E-state index contributed by atoms with van der Waals surface area (Å²) in [6.45, 7) is 3.81. The van der Waals surface area contributed by atoms with Gasteiger partial charge in [-0.2, -0.15) is 5.10 Å². The first kappa shape index (κ1) is 20.4. The van der Waals surface area contributed by atoms with Gasteiger partial charge in [0.05, 0.1) is 23.2 Å². The van der Waals surface area contributed by atoms with Crippen LogP contribution in [0.4, 0.5) is 0 Å². The number of carbonyl (C=O) groups is 2. The number of carbonyl (C=O) groups excluding carboxylic acids is 2. The lowest BCUT2D eigenvalue weighted by molar-refractivity contribution is -0.143. The second kappa shape index (κ2) is 8.68. The molecule has 1 saturated heterocycles. The van der Waals surface area contributed by atoms with Gasteiger partial charge in [0, 0.05) is 18.2 Å². The molecule has 2 heterocycles. The fraction of sp³-hybridized carbons (Fsp3) is 0.562. The quantitative estimate of drug-likeness (QED) is 0.543. The van der Waals surface area contributed by atoms with Crippen molar-refractivity contribution >= 4 is 39.4 Å². The lowest BCUT2D eigenvalue weighted by Gasteiger charge is -2.09. The molecule has 1 N–H and O–H groups in total. The third kappa shape index (κ3) is 5.31. The number of hydrogen-bond donors (Lipinski definition) is 1. The second-order valence-electron chi connectivity index (χ2n) is 6.08. The minimum atomic E-state index is -3.06. The van der Waals surface area contributed by atoms with Gasteiger partial charge in [0.15, 0.2) is 16.4 Å². The summed E-state index contributed by atoms with van der Waals surface area (Å²) in [5.41, 5.74) is 1.09. The Balaban J connectivity index is 2.00. The first-order valence-electron chi connectivity index (χ1n) is 8.30. The summed E-state index contributed by atoms with van der Waals surface area (Å²) in [5, 5.41) is 7.17. The number of hydrogen-bond acceptors (Lipinski definition) is 6. The van der Waals surface area contributed by atoms with E-state index in [0.717, 1.165) is 6.42 Å². The van der Waals surface area contributed by atoms with Gasteiger partial charge in [-0.05, 0) is 25.8 Å². The molecule has 0 aromatic carbocycles. The van der Waals surface area contributed by atoms with Crippen molar-refractivity contribution < 1.29 is 22.7 Å². The number of amides is 1. The van der Waals surface area contributed by atoms with Gasteiger partial charge in [-0.1, -0.05) is 18.5 Å². The highest BCUT2D eigenvalue weighted by atomic mass is 35.5. The summed E-state index contributed by atoms with van der Waals surface area (Å²) in [7, 11) is -3.06. The van der Waals surface area contributed by atoms with Crippen LogP contribution in [-0.4, -0.2) is 54.7 Å². The van der Waals surface area contributed by atoms with Crippen LogP contribution in [0.15, 0.2) is 6.08 Å². The van der Waals surface area contributed by atoms with Gasteiger partial charge in [0.1, 0.15) is 5.15 Å². The van der Waals surface area contributed by atoms with E-state index in [2.05, 4.69) is 10.4 Å². The molecule has 1 fully saturated rings. The van der Waals surface area contributed by atoms with Crippen LogP contribution in [0.5, 0.6) is 0 Å². The first-order chi connectivity index (χ1) is 12.2. The largest absolute Gasteiger partial charge is 0.452 e. The van der Waals surface area contributed by atoms with E-state index >= 15 is 0 Å². The van der Waals surface area contributed by atoms with Crippen LogP contribution in [0.3, 0.4) is 0 Å². The molecule has 1 atom stereocenters. The molecule has 26 heavy (non-hydrogen) atoms. The number of nitrogens with one attached hydrogen (secondary N) is 1. The Morgan fingerprint density at radius 1 is 1.46 bits per heavy atom. The van der Waals surface area contributed by atoms with Crippen LogP contribution < -0.4 is 5.32 Å². The standard InChI is InChI=1S/C16H22ClN3O5S/c1-3-7-18-14(21)9-25-15(22)5-4-13-11(2)19-20(16(13)17)12-6-8-26(23,24)10-12/h4-5,12H,3,6-10H2,1-2H3,(H,18,21)/b5-4+/t12-/m1/s1. The van der Waals surface area contributed by atoms with Crippen molar-refractivity contribution in [1.29, 1.82) is 0 Å². The lowest BCUT2D eigenvalue weighted by Crippen LogP contribution is -2.28. The van der Waals surface area contributed by atoms with Crippen molar-refractivity contribution in [3.63, 3.8) is 0 Å². The minimum Gasteiger partial charge on any atom is -0.452 e. The predicted octanol–water partition coefficient (Wildman–Crippen LogP) is 1.29. The SMILES string of the molecule is CCCNC(=O)COC(=O)/C=C/c1c(C)nn([C@@H]2CCS(=O)(=O)C2)c1Cl. The van der Waals surface area contributed by atoms with Gasteiger partial charge in [-0.3, -0.25) is 4.79 Å². The molecule has 8 nitrogen and oxygen atoms in total. The number of aryl methyl sites for hydroxylation is 1. The highest BCUT2D eigenvalue weighted by molar-refractivity contribution is 7.91. The molecule has 1 amide bonds. The van der Waals surface area contributed by atoms with E-state index in [1.54, 1.807) is 6.92 Å². The number of esters is 1. The van der Waals surface area contributed by atoms with Crippen molar-refractivity contribution in [2.75, 3.05) is 24.7 Å². The number of nitrogens with zero attached hydrogens (tertiary/aromatic N) is 2. The zero-order valence-corrected chi connectivity index (χ0v) is 16.3. The van der Waals surface area contributed by atoms with Gasteiger partial charge < -0.3 is 10.1 Å². The summed E-state index contributed by atoms with van der Waals surface area (Å²) in [6.07, 6.45) is 3.88. The highest BCUT2D eigenvalue weighted by Gasteiger charge is 2.31. The monoisotopic (exact) mass is 403 g/mol. The Morgan fingerprint density at radius 3 is 2.81 bits per heavy atom. The molecule has 1 aromatic heterocycles.